The van der Waals surface area contributed by atoms with Gasteiger partial charge in [-0.2, -0.15) is 0 Å². The molecule has 3 heteroatoms. The van der Waals surface area contributed by atoms with E-state index in [0.717, 1.165) is 51.0 Å². The quantitative estimate of drug-likeness (QED) is 0.167. The van der Waals surface area contributed by atoms with Gasteiger partial charge in [-0.05, 0) is 103 Å². The minimum absolute atomic E-state index is 0.714. The van der Waals surface area contributed by atoms with Crippen LogP contribution < -0.4 is 4.90 Å². The van der Waals surface area contributed by atoms with E-state index in [4.69, 9.17) is 4.42 Å². The Morgan fingerprint density at radius 3 is 2.33 bits per heavy atom. The second-order valence-electron chi connectivity index (χ2n) is 13.4. The second-order valence-corrected chi connectivity index (χ2v) is 13.4. The van der Waals surface area contributed by atoms with Crippen LogP contribution in [0.25, 0.3) is 55.0 Å². The fourth-order valence-electron chi connectivity index (χ4n) is 7.59. The Labute approximate surface area is 283 Å². The topological polar surface area (TPSA) is 21.3 Å². The minimum atomic E-state index is 0.714. The van der Waals surface area contributed by atoms with Crippen LogP contribution in [0.3, 0.4) is 0 Å². The molecule has 0 amide bonds. The Kier molecular flexibility index (Phi) is 7.76. The molecule has 8 rings (SSSR count). The van der Waals surface area contributed by atoms with E-state index in [-0.39, 0.29) is 0 Å². The minimum Gasteiger partial charge on any atom is -0.456 e. The van der Waals surface area contributed by atoms with Gasteiger partial charge in [0.2, 0.25) is 0 Å². The van der Waals surface area contributed by atoms with E-state index < -0.39 is 0 Å². The smallest absolute Gasteiger partial charge is 0.135 e. The van der Waals surface area contributed by atoms with Gasteiger partial charge in [-0.3, -0.25) is 0 Å². The number of fused-ring (bicyclic) bond motifs is 7. The van der Waals surface area contributed by atoms with Gasteiger partial charge in [0.25, 0.3) is 0 Å². The largest absolute Gasteiger partial charge is 0.456 e. The summed E-state index contributed by atoms with van der Waals surface area (Å²) in [4.78, 5) is 2.34. The number of hydrogen-bond donors (Lipinski definition) is 0. The van der Waals surface area contributed by atoms with Crippen LogP contribution in [-0.4, -0.2) is 4.57 Å². The number of rotatable bonds is 8. The lowest BCUT2D eigenvalue weighted by molar-refractivity contribution is 0.449. The third kappa shape index (κ3) is 5.24. The van der Waals surface area contributed by atoms with Crippen LogP contribution in [0.2, 0.25) is 0 Å². The Morgan fingerprint density at radius 1 is 0.729 bits per heavy atom. The predicted octanol–water partition coefficient (Wildman–Crippen LogP) is 13.1. The van der Waals surface area contributed by atoms with E-state index in [1.807, 2.05) is 12.1 Å². The Balaban J connectivity index is 1.26. The zero-order valence-corrected chi connectivity index (χ0v) is 28.2. The fourth-order valence-corrected chi connectivity index (χ4v) is 7.59. The summed E-state index contributed by atoms with van der Waals surface area (Å²) in [5, 5.41) is 4.73. The highest BCUT2D eigenvalue weighted by molar-refractivity contribution is 6.11. The summed E-state index contributed by atoms with van der Waals surface area (Å²) in [6.07, 6.45) is 12.8. The van der Waals surface area contributed by atoms with Crippen LogP contribution in [0.15, 0.2) is 138 Å². The Morgan fingerprint density at radius 2 is 1.48 bits per heavy atom. The molecule has 5 aromatic carbocycles. The lowest BCUT2D eigenvalue weighted by Gasteiger charge is -2.27. The summed E-state index contributed by atoms with van der Waals surface area (Å²) >= 11 is 0. The number of anilines is 2. The molecule has 0 saturated heterocycles. The molecular weight excluding hydrogens is 585 g/mol. The monoisotopic (exact) mass is 626 g/mol. The average molecular weight is 627 g/mol. The van der Waals surface area contributed by atoms with Crippen molar-refractivity contribution in [2.75, 3.05) is 4.90 Å². The zero-order chi connectivity index (χ0) is 32.8. The first-order chi connectivity index (χ1) is 23.5. The number of allylic oxidation sites excluding steroid dienone is 4. The molecule has 1 atom stereocenters. The van der Waals surface area contributed by atoms with Crippen molar-refractivity contribution in [1.29, 1.82) is 0 Å². The van der Waals surface area contributed by atoms with Crippen molar-refractivity contribution < 1.29 is 4.42 Å². The summed E-state index contributed by atoms with van der Waals surface area (Å²) in [5.41, 5.74) is 12.4. The van der Waals surface area contributed by atoms with Gasteiger partial charge < -0.3 is 13.9 Å². The van der Waals surface area contributed by atoms with E-state index >= 15 is 0 Å². The molecule has 0 fully saturated rings. The van der Waals surface area contributed by atoms with E-state index in [0.29, 0.717) is 5.92 Å². The van der Waals surface area contributed by atoms with Gasteiger partial charge in [-0.15, -0.1) is 0 Å². The molecular formula is C45H42N2O. The maximum Gasteiger partial charge on any atom is 0.135 e. The van der Waals surface area contributed by atoms with E-state index in [2.05, 4.69) is 146 Å². The summed E-state index contributed by atoms with van der Waals surface area (Å²) in [7, 11) is 0. The van der Waals surface area contributed by atoms with Crippen LogP contribution in [0.1, 0.15) is 57.6 Å². The van der Waals surface area contributed by atoms with Crippen molar-refractivity contribution in [3.63, 3.8) is 0 Å². The molecule has 3 heterocycles. The molecule has 238 valence electrons. The normalized spacial score (nSPS) is 15.9. The van der Waals surface area contributed by atoms with Gasteiger partial charge in [-0.25, -0.2) is 0 Å². The number of unbranched alkanes of at least 4 members (excludes halogenated alkanes) is 1. The maximum atomic E-state index is 6.16. The van der Waals surface area contributed by atoms with Crippen molar-refractivity contribution in [3.8, 4) is 5.69 Å². The number of nitrogens with zero attached hydrogens (tertiary/aromatic N) is 2. The van der Waals surface area contributed by atoms with Crippen LogP contribution >= 0.6 is 0 Å². The lowest BCUT2D eigenvalue weighted by Crippen LogP contribution is -2.12. The molecule has 0 radical (unpaired) electrons. The molecule has 1 aliphatic rings. The lowest BCUT2D eigenvalue weighted by atomic mass is 9.89. The maximum absolute atomic E-state index is 6.16. The highest BCUT2D eigenvalue weighted by atomic mass is 16.3. The number of para-hydroxylation sites is 2. The molecule has 0 saturated carbocycles. The van der Waals surface area contributed by atoms with Gasteiger partial charge >= 0.3 is 0 Å². The Hall–Kier alpha value is -5.28. The molecule has 0 spiro atoms. The number of furan rings is 1. The van der Waals surface area contributed by atoms with Gasteiger partial charge in [0.05, 0.1) is 16.7 Å². The highest BCUT2D eigenvalue weighted by Crippen LogP contribution is 2.41. The molecule has 7 aromatic rings. The van der Waals surface area contributed by atoms with Gasteiger partial charge in [0.1, 0.15) is 11.2 Å². The van der Waals surface area contributed by atoms with E-state index in [1.165, 1.54) is 64.2 Å². The first kappa shape index (κ1) is 30.1. The molecule has 1 aliphatic heterocycles. The van der Waals surface area contributed by atoms with Crippen LogP contribution in [-0.2, 0) is 6.42 Å². The van der Waals surface area contributed by atoms with Crippen LogP contribution in [0.5, 0.6) is 0 Å². The molecule has 0 N–H and O–H groups in total. The second kappa shape index (κ2) is 12.4. The van der Waals surface area contributed by atoms with Gasteiger partial charge in [-0.1, -0.05) is 94.7 Å². The summed E-state index contributed by atoms with van der Waals surface area (Å²) < 4.78 is 8.55. The SMILES string of the molecule is C=C1/C=C(C)\C=C/N(c2ccc3c(c2)c2ccccc2n3-c2ccc3oc4ccccc4c3c2)c2ccc(CC(CC)CCCC)cc21. The van der Waals surface area contributed by atoms with Crippen LogP contribution in [0, 0.1) is 5.92 Å². The molecule has 3 nitrogen and oxygen atoms in total. The summed E-state index contributed by atoms with van der Waals surface area (Å²) in [5.74, 6) is 0.714. The van der Waals surface area contributed by atoms with Crippen LogP contribution in [0.4, 0.5) is 11.4 Å². The fraction of sp³-hybridized carbons (Fsp3) is 0.200. The van der Waals surface area contributed by atoms with Crippen molar-refractivity contribution >= 4 is 60.7 Å². The standard InChI is InChI=1S/C45H42N2O/c1-5-7-12-32(6-2)26-33-17-20-41-38(27-33)31(4)25-30(3)23-24-46(41)34-18-21-43-39(28-34)36-13-8-10-15-42(36)47(43)35-19-22-45-40(29-35)37-14-9-11-16-44(37)48-45/h8-11,13-25,27-29,32H,4-7,12,26H2,1-3H3/b24-23-,30-25-. The average Bonchev–Trinajstić information content (AvgIpc) is 3.65. The summed E-state index contributed by atoms with van der Waals surface area (Å²) in [6.45, 7) is 11.3. The molecule has 1 unspecified atom stereocenters. The third-order valence-electron chi connectivity index (χ3n) is 10.2. The number of aromatic nitrogens is 1. The molecule has 0 aliphatic carbocycles. The molecule has 0 bridgehead atoms. The van der Waals surface area contributed by atoms with Gasteiger partial charge in [0, 0.05) is 44.7 Å². The van der Waals surface area contributed by atoms with Crippen molar-refractivity contribution in [2.24, 2.45) is 5.92 Å². The molecule has 48 heavy (non-hydrogen) atoms. The Bertz CT molecular complexity index is 2400. The third-order valence-corrected chi connectivity index (χ3v) is 10.2. The van der Waals surface area contributed by atoms with E-state index in [1.54, 1.807) is 0 Å². The van der Waals surface area contributed by atoms with E-state index in [9.17, 15) is 0 Å². The van der Waals surface area contributed by atoms with Crippen molar-refractivity contribution in [2.45, 2.75) is 52.9 Å². The first-order valence-electron chi connectivity index (χ1n) is 17.4. The zero-order valence-electron chi connectivity index (χ0n) is 28.2. The van der Waals surface area contributed by atoms with Crippen molar-refractivity contribution in [3.05, 3.63) is 145 Å². The van der Waals surface area contributed by atoms with Crippen molar-refractivity contribution in [1.82, 2.24) is 4.57 Å². The highest BCUT2D eigenvalue weighted by Gasteiger charge is 2.20. The molecule has 2 aromatic heterocycles. The van der Waals surface area contributed by atoms with Gasteiger partial charge in [0.15, 0.2) is 0 Å². The number of benzene rings is 5. The number of hydrogen-bond acceptors (Lipinski definition) is 2. The summed E-state index contributed by atoms with van der Waals surface area (Å²) in [6, 6.07) is 37.5. The first-order valence-corrected chi connectivity index (χ1v) is 17.4. The predicted molar refractivity (Wildman–Crippen MR) is 206 cm³/mol.